The quantitative estimate of drug-likeness (QED) is 0.854. The molecule has 1 aliphatic rings. The fourth-order valence-corrected chi connectivity index (χ4v) is 2.88. The van der Waals surface area contributed by atoms with E-state index in [9.17, 15) is 4.79 Å². The second-order valence-electron chi connectivity index (χ2n) is 5.42. The maximum Gasteiger partial charge on any atom is 0.327 e. The Morgan fingerprint density at radius 1 is 1.36 bits per heavy atom. The average Bonchev–Trinajstić information content (AvgIpc) is 2.87. The van der Waals surface area contributed by atoms with Crippen LogP contribution < -0.4 is 5.32 Å². The second kappa shape index (κ2) is 6.75. The first-order valence-electron chi connectivity index (χ1n) is 7.75. The summed E-state index contributed by atoms with van der Waals surface area (Å²) in [6, 6.07) is 10.3. The van der Waals surface area contributed by atoms with Crippen molar-refractivity contribution in [1.29, 1.82) is 0 Å². The van der Waals surface area contributed by atoms with Crippen LogP contribution >= 0.6 is 0 Å². The third-order valence-electron chi connectivity index (χ3n) is 3.89. The first kappa shape index (κ1) is 14.8. The number of aromatic nitrogens is 2. The van der Waals surface area contributed by atoms with Gasteiger partial charge in [0.2, 0.25) is 0 Å². The molecule has 0 amide bonds. The van der Waals surface area contributed by atoms with Crippen molar-refractivity contribution >= 4 is 5.97 Å². The van der Waals surface area contributed by atoms with Gasteiger partial charge >= 0.3 is 5.97 Å². The van der Waals surface area contributed by atoms with Gasteiger partial charge in [0.05, 0.1) is 12.3 Å². The van der Waals surface area contributed by atoms with Gasteiger partial charge < -0.3 is 10.1 Å². The van der Waals surface area contributed by atoms with Crippen molar-refractivity contribution in [2.75, 3.05) is 13.2 Å². The zero-order valence-electron chi connectivity index (χ0n) is 12.8. The maximum atomic E-state index is 11.8. The molecule has 0 bridgehead atoms. The SMILES string of the molecule is CCOC(=O)Cn1nc(Cc2ccccc2)c2c1CCNC2. The monoisotopic (exact) mass is 299 g/mol. The molecular weight excluding hydrogens is 278 g/mol. The van der Waals surface area contributed by atoms with E-state index in [-0.39, 0.29) is 12.5 Å². The molecule has 0 aliphatic carbocycles. The Labute approximate surface area is 130 Å². The minimum atomic E-state index is -0.224. The van der Waals surface area contributed by atoms with Crippen LogP contribution in [0.25, 0.3) is 0 Å². The molecule has 1 N–H and O–H groups in total. The lowest BCUT2D eigenvalue weighted by molar-refractivity contribution is -0.144. The van der Waals surface area contributed by atoms with Crippen molar-refractivity contribution in [3.63, 3.8) is 0 Å². The fourth-order valence-electron chi connectivity index (χ4n) is 2.88. The molecule has 0 spiro atoms. The largest absolute Gasteiger partial charge is 0.465 e. The normalized spacial score (nSPS) is 13.7. The Hall–Kier alpha value is -2.14. The lowest BCUT2D eigenvalue weighted by Gasteiger charge is -2.15. The van der Waals surface area contributed by atoms with Crippen LogP contribution in [0.2, 0.25) is 0 Å². The zero-order valence-corrected chi connectivity index (χ0v) is 12.8. The molecule has 1 aromatic carbocycles. The number of hydrogen-bond acceptors (Lipinski definition) is 4. The summed E-state index contributed by atoms with van der Waals surface area (Å²) in [5.41, 5.74) is 4.69. The van der Waals surface area contributed by atoms with Crippen molar-refractivity contribution in [3.05, 3.63) is 52.8 Å². The summed E-state index contributed by atoms with van der Waals surface area (Å²) in [6.45, 7) is 4.17. The zero-order chi connectivity index (χ0) is 15.4. The van der Waals surface area contributed by atoms with E-state index in [0.717, 1.165) is 37.3 Å². The van der Waals surface area contributed by atoms with Crippen LogP contribution in [0.15, 0.2) is 30.3 Å². The summed E-state index contributed by atoms with van der Waals surface area (Å²) in [5.74, 6) is -0.224. The summed E-state index contributed by atoms with van der Waals surface area (Å²) in [5, 5.41) is 8.07. The van der Waals surface area contributed by atoms with Gasteiger partial charge in [-0.3, -0.25) is 9.48 Å². The Morgan fingerprint density at radius 2 is 2.18 bits per heavy atom. The minimum absolute atomic E-state index is 0.199. The molecule has 0 saturated heterocycles. The first-order valence-corrected chi connectivity index (χ1v) is 7.75. The van der Waals surface area contributed by atoms with Crippen LogP contribution in [0.1, 0.15) is 29.4 Å². The van der Waals surface area contributed by atoms with Crippen LogP contribution in [0.5, 0.6) is 0 Å². The highest BCUT2D eigenvalue weighted by atomic mass is 16.5. The molecule has 0 atom stereocenters. The minimum Gasteiger partial charge on any atom is -0.465 e. The van der Waals surface area contributed by atoms with Gasteiger partial charge in [0.25, 0.3) is 0 Å². The van der Waals surface area contributed by atoms with Gasteiger partial charge in [0, 0.05) is 37.2 Å². The second-order valence-corrected chi connectivity index (χ2v) is 5.42. The Kier molecular flexibility index (Phi) is 4.53. The summed E-state index contributed by atoms with van der Waals surface area (Å²) >= 11 is 0. The van der Waals surface area contributed by atoms with Crippen molar-refractivity contribution < 1.29 is 9.53 Å². The number of carbonyl (C=O) groups is 1. The predicted molar refractivity (Wildman–Crippen MR) is 83.5 cm³/mol. The molecule has 0 fully saturated rings. The summed E-state index contributed by atoms with van der Waals surface area (Å²) in [4.78, 5) is 11.8. The highest BCUT2D eigenvalue weighted by Gasteiger charge is 2.22. The first-order chi connectivity index (χ1) is 10.8. The van der Waals surface area contributed by atoms with Gasteiger partial charge in [-0.25, -0.2) is 0 Å². The molecule has 0 radical (unpaired) electrons. The number of benzene rings is 1. The van der Waals surface area contributed by atoms with Crippen molar-refractivity contribution in [2.45, 2.75) is 32.9 Å². The highest BCUT2D eigenvalue weighted by molar-refractivity contribution is 5.69. The molecule has 1 aromatic heterocycles. The average molecular weight is 299 g/mol. The van der Waals surface area contributed by atoms with E-state index < -0.39 is 0 Å². The molecule has 3 rings (SSSR count). The summed E-state index contributed by atoms with van der Waals surface area (Å²) in [7, 11) is 0. The van der Waals surface area contributed by atoms with E-state index >= 15 is 0 Å². The van der Waals surface area contributed by atoms with Gasteiger partial charge in [0.15, 0.2) is 0 Å². The molecule has 116 valence electrons. The fraction of sp³-hybridized carbons (Fsp3) is 0.412. The lowest BCUT2D eigenvalue weighted by Crippen LogP contribution is -2.26. The van der Waals surface area contributed by atoms with Crippen LogP contribution in [0, 0.1) is 0 Å². The van der Waals surface area contributed by atoms with Crippen LogP contribution in [-0.2, 0) is 35.5 Å². The molecule has 22 heavy (non-hydrogen) atoms. The summed E-state index contributed by atoms with van der Waals surface area (Å²) in [6.07, 6.45) is 1.69. The van der Waals surface area contributed by atoms with Gasteiger partial charge in [-0.1, -0.05) is 30.3 Å². The van der Waals surface area contributed by atoms with Crippen LogP contribution in [0.3, 0.4) is 0 Å². The topological polar surface area (TPSA) is 56.2 Å². The summed E-state index contributed by atoms with van der Waals surface area (Å²) < 4.78 is 6.87. The van der Waals surface area contributed by atoms with E-state index in [1.807, 2.05) is 29.8 Å². The molecule has 0 unspecified atom stereocenters. The van der Waals surface area contributed by atoms with Crippen molar-refractivity contribution in [1.82, 2.24) is 15.1 Å². The number of fused-ring (bicyclic) bond motifs is 1. The van der Waals surface area contributed by atoms with Gasteiger partial charge in [-0.15, -0.1) is 0 Å². The van der Waals surface area contributed by atoms with Gasteiger partial charge in [0.1, 0.15) is 6.54 Å². The number of nitrogens with one attached hydrogen (secondary N) is 1. The maximum absolute atomic E-state index is 11.8. The van der Waals surface area contributed by atoms with Crippen LogP contribution in [-0.4, -0.2) is 28.9 Å². The smallest absolute Gasteiger partial charge is 0.327 e. The number of rotatable bonds is 5. The number of hydrogen-bond donors (Lipinski definition) is 1. The van der Waals surface area contributed by atoms with Crippen molar-refractivity contribution in [3.8, 4) is 0 Å². The van der Waals surface area contributed by atoms with Crippen LogP contribution in [0.4, 0.5) is 0 Å². The van der Waals surface area contributed by atoms with E-state index in [4.69, 9.17) is 4.74 Å². The number of carbonyl (C=O) groups excluding carboxylic acids is 1. The van der Waals surface area contributed by atoms with Gasteiger partial charge in [-0.2, -0.15) is 5.10 Å². The lowest BCUT2D eigenvalue weighted by atomic mass is 10.0. The molecule has 2 heterocycles. The Bertz CT molecular complexity index is 649. The van der Waals surface area contributed by atoms with Crippen molar-refractivity contribution in [2.24, 2.45) is 0 Å². The number of esters is 1. The van der Waals surface area contributed by atoms with Gasteiger partial charge in [-0.05, 0) is 12.5 Å². The molecule has 5 heteroatoms. The molecule has 5 nitrogen and oxygen atoms in total. The molecular formula is C17H21N3O2. The van der Waals surface area contributed by atoms with E-state index in [1.165, 1.54) is 11.1 Å². The third kappa shape index (κ3) is 3.20. The number of nitrogens with zero attached hydrogens (tertiary/aromatic N) is 2. The highest BCUT2D eigenvalue weighted by Crippen LogP contribution is 2.21. The third-order valence-corrected chi connectivity index (χ3v) is 3.89. The van der Waals surface area contributed by atoms with E-state index in [1.54, 1.807) is 0 Å². The number of ether oxygens (including phenoxy) is 1. The van der Waals surface area contributed by atoms with E-state index in [2.05, 4.69) is 22.5 Å². The Morgan fingerprint density at radius 3 is 2.95 bits per heavy atom. The predicted octanol–water partition coefficient (Wildman–Crippen LogP) is 1.68. The molecule has 1 aliphatic heterocycles. The van der Waals surface area contributed by atoms with E-state index in [0.29, 0.717) is 6.61 Å². The molecule has 0 saturated carbocycles. The standard InChI is InChI=1S/C17H21N3O2/c1-2-22-17(21)12-20-16-8-9-18-11-14(16)15(19-20)10-13-6-4-3-5-7-13/h3-7,18H,2,8-12H2,1H3. The molecule has 2 aromatic rings. The Balaban J connectivity index is 1.87.